The minimum absolute atomic E-state index is 0.0585. The number of rotatable bonds is 5. The maximum Gasteiger partial charge on any atom is 0.422 e. The lowest BCUT2D eigenvalue weighted by Gasteiger charge is -2.44. The number of piperidine rings is 1. The maximum absolute atomic E-state index is 14.0. The minimum Gasteiger partial charge on any atom is -0.437 e. The molecule has 1 fully saturated rings. The molecule has 2 aliphatic rings. The zero-order valence-corrected chi connectivity index (χ0v) is 21.2. The third-order valence-corrected chi connectivity index (χ3v) is 7.45. The van der Waals surface area contributed by atoms with Gasteiger partial charge in [-0.05, 0) is 45.1 Å². The van der Waals surface area contributed by atoms with Crippen molar-refractivity contribution in [3.63, 3.8) is 0 Å². The van der Waals surface area contributed by atoms with Crippen LogP contribution in [0, 0.1) is 0 Å². The van der Waals surface area contributed by atoms with E-state index in [9.17, 15) is 14.4 Å². The SMILES string of the molecule is CCN(CC)C(=O)Cn1cc(C(=O)N2C(=O)OC3(CCNCC3)c3ccccc32)c2ccc(Cl)cc21. The van der Waals surface area contributed by atoms with Crippen molar-refractivity contribution in [3.8, 4) is 0 Å². The molecule has 5 rings (SSSR count). The van der Waals surface area contributed by atoms with Crippen molar-refractivity contribution in [1.29, 1.82) is 0 Å². The highest BCUT2D eigenvalue weighted by Crippen LogP contribution is 2.45. The Morgan fingerprint density at radius 2 is 1.83 bits per heavy atom. The molecule has 9 heteroatoms. The van der Waals surface area contributed by atoms with E-state index < -0.39 is 17.6 Å². The number of ether oxygens (including phenoxy) is 1. The van der Waals surface area contributed by atoms with Gasteiger partial charge in [-0.25, -0.2) is 9.69 Å². The van der Waals surface area contributed by atoms with Crippen LogP contribution in [0.4, 0.5) is 10.5 Å². The molecule has 0 atom stereocenters. The maximum atomic E-state index is 14.0. The number of hydrogen-bond acceptors (Lipinski definition) is 5. The van der Waals surface area contributed by atoms with Crippen molar-refractivity contribution < 1.29 is 19.1 Å². The van der Waals surface area contributed by atoms with Gasteiger partial charge in [-0.15, -0.1) is 0 Å². The van der Waals surface area contributed by atoms with E-state index >= 15 is 0 Å². The van der Waals surface area contributed by atoms with Gasteiger partial charge in [-0.3, -0.25) is 9.59 Å². The van der Waals surface area contributed by atoms with E-state index in [0.29, 0.717) is 53.1 Å². The largest absolute Gasteiger partial charge is 0.437 e. The number of anilines is 1. The molecule has 36 heavy (non-hydrogen) atoms. The Bertz CT molecular complexity index is 1340. The molecule has 0 unspecified atom stereocenters. The summed E-state index contributed by atoms with van der Waals surface area (Å²) >= 11 is 6.27. The van der Waals surface area contributed by atoms with Crippen molar-refractivity contribution in [1.82, 2.24) is 14.8 Å². The smallest absolute Gasteiger partial charge is 0.422 e. The molecule has 3 heterocycles. The third kappa shape index (κ3) is 4.04. The fraction of sp³-hybridized carbons (Fsp3) is 0.370. The second-order valence-electron chi connectivity index (χ2n) is 9.17. The van der Waals surface area contributed by atoms with Gasteiger partial charge in [0.25, 0.3) is 5.91 Å². The lowest BCUT2D eigenvalue weighted by atomic mass is 9.82. The number of nitrogens with zero attached hydrogens (tertiary/aromatic N) is 3. The summed E-state index contributed by atoms with van der Waals surface area (Å²) < 4.78 is 7.72. The number of para-hydroxylation sites is 1. The van der Waals surface area contributed by atoms with Gasteiger partial charge in [0.2, 0.25) is 5.91 Å². The van der Waals surface area contributed by atoms with Crippen molar-refractivity contribution in [2.75, 3.05) is 31.1 Å². The van der Waals surface area contributed by atoms with Gasteiger partial charge in [0.15, 0.2) is 0 Å². The first kappa shape index (κ1) is 24.3. The van der Waals surface area contributed by atoms with Crippen molar-refractivity contribution in [3.05, 3.63) is 64.8 Å². The summed E-state index contributed by atoms with van der Waals surface area (Å²) in [5, 5.41) is 4.41. The molecule has 0 radical (unpaired) electrons. The molecule has 3 aromatic rings. The molecule has 0 saturated carbocycles. The van der Waals surface area contributed by atoms with Gasteiger partial charge in [0, 0.05) is 48.1 Å². The van der Waals surface area contributed by atoms with Crippen molar-refractivity contribution in [2.24, 2.45) is 0 Å². The number of nitrogens with one attached hydrogen (secondary N) is 1. The number of carbonyl (C=O) groups excluding carboxylic acids is 3. The van der Waals surface area contributed by atoms with Gasteiger partial charge >= 0.3 is 6.09 Å². The molecule has 8 nitrogen and oxygen atoms in total. The zero-order valence-electron chi connectivity index (χ0n) is 20.4. The molecule has 2 aromatic carbocycles. The number of hydrogen-bond donors (Lipinski definition) is 1. The Hall–Kier alpha value is -3.36. The monoisotopic (exact) mass is 508 g/mol. The van der Waals surface area contributed by atoms with E-state index in [-0.39, 0.29) is 12.5 Å². The van der Waals surface area contributed by atoms with Crippen LogP contribution in [-0.2, 0) is 21.7 Å². The number of aromatic nitrogens is 1. The van der Waals surface area contributed by atoms with E-state index in [1.807, 2.05) is 32.0 Å². The lowest BCUT2D eigenvalue weighted by Crippen LogP contribution is -2.52. The average Bonchev–Trinajstić information content (AvgIpc) is 3.22. The Balaban J connectivity index is 1.58. The molecule has 0 bridgehead atoms. The number of amides is 3. The molecular weight excluding hydrogens is 480 g/mol. The first-order valence-corrected chi connectivity index (χ1v) is 12.7. The summed E-state index contributed by atoms with van der Waals surface area (Å²) in [6.45, 7) is 6.55. The first-order chi connectivity index (χ1) is 17.4. The lowest BCUT2D eigenvalue weighted by molar-refractivity contribution is -0.131. The van der Waals surface area contributed by atoms with Crippen LogP contribution < -0.4 is 10.2 Å². The fourth-order valence-corrected chi connectivity index (χ4v) is 5.49. The standard InChI is InChI=1S/C27H29ClN4O4/c1-3-30(4-2)24(33)17-31-16-20(19-10-9-18(28)15-23(19)31)25(34)32-22-8-6-5-7-21(22)27(36-26(32)35)11-13-29-14-12-27/h5-10,15-16,29H,3-4,11-14,17H2,1-2H3. The van der Waals surface area contributed by atoms with Crippen LogP contribution in [0.3, 0.4) is 0 Å². The molecule has 1 N–H and O–H groups in total. The summed E-state index contributed by atoms with van der Waals surface area (Å²) in [6.07, 6.45) is 2.23. The van der Waals surface area contributed by atoms with E-state index in [1.165, 1.54) is 0 Å². The number of likely N-dealkylation sites (N-methyl/N-ethyl adjacent to an activating group) is 1. The normalized spacial score (nSPS) is 16.6. The molecule has 1 saturated heterocycles. The van der Waals surface area contributed by atoms with Gasteiger partial charge in [0.1, 0.15) is 12.1 Å². The quantitative estimate of drug-likeness (QED) is 0.547. The molecular formula is C27H29ClN4O4. The number of imide groups is 1. The molecule has 1 aromatic heterocycles. The van der Waals surface area contributed by atoms with Crippen LogP contribution in [0.5, 0.6) is 0 Å². The number of carbonyl (C=O) groups is 3. The van der Waals surface area contributed by atoms with Crippen LogP contribution in [0.15, 0.2) is 48.7 Å². The highest BCUT2D eigenvalue weighted by molar-refractivity contribution is 6.31. The molecule has 1 spiro atoms. The van der Waals surface area contributed by atoms with Crippen molar-refractivity contribution >= 4 is 46.1 Å². The highest BCUT2D eigenvalue weighted by atomic mass is 35.5. The third-order valence-electron chi connectivity index (χ3n) is 7.21. The van der Waals surface area contributed by atoms with Crippen LogP contribution in [-0.4, -0.2) is 53.6 Å². The second-order valence-corrected chi connectivity index (χ2v) is 9.60. The van der Waals surface area contributed by atoms with Crippen LogP contribution >= 0.6 is 11.6 Å². The summed E-state index contributed by atoms with van der Waals surface area (Å²) in [5.74, 6) is -0.566. The average molecular weight is 509 g/mol. The molecule has 3 amide bonds. The van der Waals surface area contributed by atoms with E-state index in [1.54, 1.807) is 39.9 Å². The predicted molar refractivity (Wildman–Crippen MR) is 138 cm³/mol. The summed E-state index contributed by atoms with van der Waals surface area (Å²) in [4.78, 5) is 43.0. The van der Waals surface area contributed by atoms with Crippen LogP contribution in [0.2, 0.25) is 5.02 Å². The van der Waals surface area contributed by atoms with Crippen molar-refractivity contribution in [2.45, 2.75) is 38.8 Å². The summed E-state index contributed by atoms with van der Waals surface area (Å²) in [7, 11) is 0. The van der Waals surface area contributed by atoms with Gasteiger partial charge in [0.05, 0.1) is 16.8 Å². The predicted octanol–water partition coefficient (Wildman–Crippen LogP) is 4.54. The Kier molecular flexibility index (Phi) is 6.49. The van der Waals surface area contributed by atoms with Gasteiger partial charge in [-0.2, -0.15) is 0 Å². The van der Waals surface area contributed by atoms with Crippen LogP contribution in [0.25, 0.3) is 10.9 Å². The summed E-state index contributed by atoms with van der Waals surface area (Å²) in [5.41, 5.74) is 1.59. The molecule has 0 aliphatic carbocycles. The Morgan fingerprint density at radius 1 is 1.11 bits per heavy atom. The second kappa shape index (κ2) is 9.59. The van der Waals surface area contributed by atoms with Crippen LogP contribution in [0.1, 0.15) is 42.6 Å². The fourth-order valence-electron chi connectivity index (χ4n) is 5.32. The summed E-state index contributed by atoms with van der Waals surface area (Å²) in [6, 6.07) is 12.6. The Morgan fingerprint density at radius 3 is 2.56 bits per heavy atom. The van der Waals surface area contributed by atoms with E-state index in [2.05, 4.69) is 5.32 Å². The van der Waals surface area contributed by atoms with Gasteiger partial charge in [-0.1, -0.05) is 35.9 Å². The minimum atomic E-state index is -0.743. The number of fused-ring (bicyclic) bond motifs is 3. The number of halogens is 1. The van der Waals surface area contributed by atoms with Gasteiger partial charge < -0.3 is 19.5 Å². The first-order valence-electron chi connectivity index (χ1n) is 12.3. The topological polar surface area (TPSA) is 83.9 Å². The zero-order chi connectivity index (χ0) is 25.4. The van der Waals surface area contributed by atoms with E-state index in [4.69, 9.17) is 16.3 Å². The van der Waals surface area contributed by atoms with E-state index in [0.717, 1.165) is 23.6 Å². The molecule has 188 valence electrons. The molecule has 2 aliphatic heterocycles. The highest BCUT2D eigenvalue weighted by Gasteiger charge is 2.47. The number of benzene rings is 2. The Labute approximate surface area is 214 Å².